The highest BCUT2D eigenvalue weighted by Gasteiger charge is 1.98. The fourth-order valence-corrected chi connectivity index (χ4v) is 3.95. The number of hydrogen-bond donors (Lipinski definition) is 1. The Hall–Kier alpha value is -2.98. The van der Waals surface area contributed by atoms with Crippen LogP contribution in [0.25, 0.3) is 10.1 Å². The summed E-state index contributed by atoms with van der Waals surface area (Å²) >= 11 is 3.30. The van der Waals surface area contributed by atoms with Crippen molar-refractivity contribution in [2.75, 3.05) is 0 Å². The number of benzene rings is 2. The average molecular weight is 356 g/mol. The second-order valence-corrected chi connectivity index (χ2v) is 7.53. The van der Waals surface area contributed by atoms with Gasteiger partial charge >= 0.3 is 0 Å². The zero-order valence-corrected chi connectivity index (χ0v) is 14.7. The maximum Gasteiger partial charge on any atom is 0.115 e. The van der Waals surface area contributed by atoms with E-state index in [1.165, 1.54) is 10.1 Å². The first-order chi connectivity index (χ1) is 12.3. The molecule has 1 nitrogen and oxygen atoms in total. The second kappa shape index (κ2) is 6.87. The summed E-state index contributed by atoms with van der Waals surface area (Å²) in [5.74, 6) is 13.0. The van der Waals surface area contributed by atoms with E-state index in [0.717, 1.165) is 20.2 Å². The second-order valence-electron chi connectivity index (χ2n) is 5.36. The highest BCUT2D eigenvalue weighted by atomic mass is 32.1. The van der Waals surface area contributed by atoms with Crippen LogP contribution in [0.1, 0.15) is 20.2 Å². The molecule has 0 aliphatic carbocycles. The fraction of sp³-hybridized carbons (Fsp3) is 0. The van der Waals surface area contributed by atoms with Gasteiger partial charge in [0, 0.05) is 10.3 Å². The molecule has 2 heterocycles. The molecule has 2 aromatic carbocycles. The lowest BCUT2D eigenvalue weighted by Crippen LogP contribution is -1.72. The first-order valence-corrected chi connectivity index (χ1v) is 9.31. The number of phenolic OH excluding ortho intramolecular Hbond substituents is 1. The highest BCUT2D eigenvalue weighted by molar-refractivity contribution is 7.19. The molecule has 0 saturated heterocycles. The Kier molecular flexibility index (Phi) is 4.27. The van der Waals surface area contributed by atoms with E-state index in [-0.39, 0.29) is 5.75 Å². The van der Waals surface area contributed by atoms with Crippen LogP contribution in [0, 0.1) is 23.7 Å². The van der Waals surface area contributed by atoms with Crippen LogP contribution in [0.2, 0.25) is 0 Å². The molecular formula is C22H12OS2. The SMILES string of the molecule is Oc1ccc(C#Cc2ccc(C#Cc3cc4ccccc4s3)s2)cc1. The van der Waals surface area contributed by atoms with Crippen LogP contribution in [0.15, 0.2) is 66.7 Å². The molecule has 0 saturated carbocycles. The van der Waals surface area contributed by atoms with E-state index in [0.29, 0.717) is 0 Å². The summed E-state index contributed by atoms with van der Waals surface area (Å²) < 4.78 is 1.26. The van der Waals surface area contributed by atoms with Crippen LogP contribution >= 0.6 is 22.7 Å². The third-order valence-electron chi connectivity index (χ3n) is 3.54. The summed E-state index contributed by atoms with van der Waals surface area (Å²) in [5, 5.41) is 10.5. The molecule has 0 atom stereocenters. The first kappa shape index (κ1) is 15.5. The molecule has 0 aliphatic rings. The van der Waals surface area contributed by atoms with E-state index in [4.69, 9.17) is 0 Å². The predicted molar refractivity (Wildman–Crippen MR) is 106 cm³/mol. The molecular weight excluding hydrogens is 344 g/mol. The molecule has 3 heteroatoms. The van der Waals surface area contributed by atoms with Crippen molar-refractivity contribution in [3.63, 3.8) is 0 Å². The molecule has 2 aromatic heterocycles. The standard InChI is InChI=1S/C22H12OS2/c23-18-8-5-16(6-9-18)7-10-19-11-12-20(24-19)13-14-21-15-17-3-1-2-4-22(17)25-21/h1-6,8-9,11-12,15,23H. The van der Waals surface area contributed by atoms with E-state index in [1.54, 1.807) is 46.9 Å². The van der Waals surface area contributed by atoms with Crippen LogP contribution in [0.3, 0.4) is 0 Å². The van der Waals surface area contributed by atoms with Crippen molar-refractivity contribution in [3.05, 3.63) is 86.9 Å². The highest BCUT2D eigenvalue weighted by Crippen LogP contribution is 2.24. The number of thiophene rings is 2. The van der Waals surface area contributed by atoms with Gasteiger partial charge in [-0.1, -0.05) is 30.0 Å². The van der Waals surface area contributed by atoms with Crippen molar-refractivity contribution in [2.45, 2.75) is 0 Å². The molecule has 1 N–H and O–H groups in total. The third kappa shape index (κ3) is 3.75. The first-order valence-electron chi connectivity index (χ1n) is 7.68. The van der Waals surface area contributed by atoms with Gasteiger partial charge in [0.25, 0.3) is 0 Å². The van der Waals surface area contributed by atoms with Crippen molar-refractivity contribution in [2.24, 2.45) is 0 Å². The molecule has 4 aromatic rings. The maximum atomic E-state index is 9.28. The Morgan fingerprint density at radius 2 is 1.32 bits per heavy atom. The minimum atomic E-state index is 0.250. The molecule has 0 bridgehead atoms. The molecule has 0 fully saturated rings. The zero-order valence-electron chi connectivity index (χ0n) is 13.1. The summed E-state index contributed by atoms with van der Waals surface area (Å²) in [6.07, 6.45) is 0. The summed E-state index contributed by atoms with van der Waals surface area (Å²) in [6, 6.07) is 21.3. The lowest BCUT2D eigenvalue weighted by atomic mass is 10.2. The number of rotatable bonds is 0. The van der Waals surface area contributed by atoms with Crippen molar-refractivity contribution < 1.29 is 5.11 Å². The largest absolute Gasteiger partial charge is 0.508 e. The van der Waals surface area contributed by atoms with E-state index < -0.39 is 0 Å². The van der Waals surface area contributed by atoms with Crippen LogP contribution in [-0.4, -0.2) is 5.11 Å². The van der Waals surface area contributed by atoms with Gasteiger partial charge in [0.05, 0.1) is 14.6 Å². The van der Waals surface area contributed by atoms with Crippen molar-refractivity contribution >= 4 is 32.8 Å². The molecule has 4 rings (SSSR count). The molecule has 25 heavy (non-hydrogen) atoms. The van der Waals surface area contributed by atoms with Gasteiger partial charge in [-0.15, -0.1) is 22.7 Å². The maximum absolute atomic E-state index is 9.28. The van der Waals surface area contributed by atoms with Gasteiger partial charge in [-0.2, -0.15) is 0 Å². The molecule has 0 aliphatic heterocycles. The van der Waals surface area contributed by atoms with Crippen molar-refractivity contribution in [1.29, 1.82) is 0 Å². The summed E-state index contributed by atoms with van der Waals surface area (Å²) in [6.45, 7) is 0. The topological polar surface area (TPSA) is 20.2 Å². The van der Waals surface area contributed by atoms with Crippen LogP contribution in [0.5, 0.6) is 5.75 Å². The minimum Gasteiger partial charge on any atom is -0.508 e. The van der Waals surface area contributed by atoms with E-state index in [1.807, 2.05) is 24.3 Å². The molecule has 0 radical (unpaired) electrons. The van der Waals surface area contributed by atoms with Gasteiger partial charge in [0.1, 0.15) is 5.75 Å². The van der Waals surface area contributed by atoms with E-state index >= 15 is 0 Å². The predicted octanol–water partition coefficient (Wildman–Crippen LogP) is 5.47. The Morgan fingerprint density at radius 3 is 2.08 bits per heavy atom. The molecule has 0 spiro atoms. The van der Waals surface area contributed by atoms with Gasteiger partial charge in [0.2, 0.25) is 0 Å². The van der Waals surface area contributed by atoms with Crippen molar-refractivity contribution in [1.82, 2.24) is 0 Å². The summed E-state index contributed by atoms with van der Waals surface area (Å²) in [7, 11) is 0. The number of aromatic hydroxyl groups is 1. The molecule has 0 amide bonds. The van der Waals surface area contributed by atoms with Crippen LogP contribution in [0.4, 0.5) is 0 Å². The quantitative estimate of drug-likeness (QED) is 0.414. The van der Waals surface area contributed by atoms with Gasteiger partial charge in [-0.05, 0) is 65.8 Å². The van der Waals surface area contributed by atoms with Crippen LogP contribution < -0.4 is 0 Å². The number of hydrogen-bond acceptors (Lipinski definition) is 3. The summed E-state index contributed by atoms with van der Waals surface area (Å²) in [5.41, 5.74) is 0.879. The Balaban J connectivity index is 1.53. The monoisotopic (exact) mass is 356 g/mol. The summed E-state index contributed by atoms with van der Waals surface area (Å²) in [4.78, 5) is 3.06. The number of fused-ring (bicyclic) bond motifs is 1. The van der Waals surface area contributed by atoms with Gasteiger partial charge in [-0.25, -0.2) is 0 Å². The van der Waals surface area contributed by atoms with Gasteiger partial charge < -0.3 is 5.11 Å². The van der Waals surface area contributed by atoms with Gasteiger partial charge in [0.15, 0.2) is 0 Å². The molecule has 0 unspecified atom stereocenters. The lowest BCUT2D eigenvalue weighted by Gasteiger charge is -1.90. The fourth-order valence-electron chi connectivity index (χ4n) is 2.32. The average Bonchev–Trinajstić information content (AvgIpc) is 3.25. The number of phenols is 1. The van der Waals surface area contributed by atoms with Gasteiger partial charge in [-0.3, -0.25) is 0 Å². The van der Waals surface area contributed by atoms with E-state index in [2.05, 4.69) is 41.9 Å². The molecule has 118 valence electrons. The smallest absolute Gasteiger partial charge is 0.115 e. The van der Waals surface area contributed by atoms with Crippen molar-refractivity contribution in [3.8, 4) is 29.4 Å². The van der Waals surface area contributed by atoms with E-state index in [9.17, 15) is 5.11 Å². The van der Waals surface area contributed by atoms with Crippen LogP contribution in [-0.2, 0) is 0 Å². The Bertz CT molecular complexity index is 1120. The Labute approximate surface area is 154 Å². The normalized spacial score (nSPS) is 9.92. The Morgan fingerprint density at radius 1 is 0.640 bits per heavy atom. The zero-order chi connectivity index (χ0) is 17.1. The third-order valence-corrected chi connectivity index (χ3v) is 5.49. The minimum absolute atomic E-state index is 0.250. The lowest BCUT2D eigenvalue weighted by molar-refractivity contribution is 0.475.